The van der Waals surface area contributed by atoms with Gasteiger partial charge in [-0.15, -0.1) is 0 Å². The van der Waals surface area contributed by atoms with Crippen LogP contribution in [0.3, 0.4) is 0 Å². The molecule has 1 saturated carbocycles. The van der Waals surface area contributed by atoms with Crippen molar-refractivity contribution >= 4 is 11.7 Å². The standard InChI is InChI=1S/C13H25N3O2/c1-9-5-7-13(8-6-9,10(14)16-18)15-11(17)12(2,3)4/h9,18H,5-8H2,1-4H3,(H2,14,16)(H,15,17). The molecule has 104 valence electrons. The minimum atomic E-state index is -0.675. The predicted octanol–water partition coefficient (Wildman–Crippen LogP) is 1.84. The van der Waals surface area contributed by atoms with Gasteiger partial charge in [-0.2, -0.15) is 0 Å². The second-order valence-electron chi connectivity index (χ2n) is 6.45. The van der Waals surface area contributed by atoms with E-state index in [1.54, 1.807) is 0 Å². The third kappa shape index (κ3) is 3.15. The van der Waals surface area contributed by atoms with E-state index in [4.69, 9.17) is 10.9 Å². The molecule has 0 saturated heterocycles. The van der Waals surface area contributed by atoms with Crippen LogP contribution in [0.25, 0.3) is 0 Å². The molecule has 0 heterocycles. The summed E-state index contributed by atoms with van der Waals surface area (Å²) in [5.41, 5.74) is 4.65. The first kappa shape index (κ1) is 14.8. The first-order valence-electron chi connectivity index (χ1n) is 6.52. The van der Waals surface area contributed by atoms with Gasteiger partial charge in [0, 0.05) is 5.41 Å². The van der Waals surface area contributed by atoms with E-state index in [1.165, 1.54) is 0 Å². The maximum atomic E-state index is 12.1. The molecule has 1 amide bonds. The lowest BCUT2D eigenvalue weighted by Crippen LogP contribution is -2.60. The van der Waals surface area contributed by atoms with E-state index < -0.39 is 11.0 Å². The molecule has 0 aromatic heterocycles. The van der Waals surface area contributed by atoms with Crippen LogP contribution in [0.4, 0.5) is 0 Å². The molecule has 0 atom stereocenters. The number of oxime groups is 1. The zero-order valence-corrected chi connectivity index (χ0v) is 11.8. The van der Waals surface area contributed by atoms with Crippen LogP contribution in [0.15, 0.2) is 5.16 Å². The van der Waals surface area contributed by atoms with Gasteiger partial charge in [0.15, 0.2) is 5.84 Å². The summed E-state index contributed by atoms with van der Waals surface area (Å²) < 4.78 is 0. The Morgan fingerprint density at radius 3 is 2.28 bits per heavy atom. The molecule has 0 bridgehead atoms. The van der Waals surface area contributed by atoms with Gasteiger partial charge in [0.05, 0.1) is 0 Å². The van der Waals surface area contributed by atoms with Crippen LogP contribution in [-0.2, 0) is 4.79 Å². The molecule has 0 unspecified atom stereocenters. The van der Waals surface area contributed by atoms with Crippen LogP contribution in [0.5, 0.6) is 0 Å². The van der Waals surface area contributed by atoms with Crippen molar-refractivity contribution in [2.24, 2.45) is 22.2 Å². The first-order valence-corrected chi connectivity index (χ1v) is 6.52. The Kier molecular flexibility index (Phi) is 4.24. The molecule has 0 aromatic rings. The molecule has 18 heavy (non-hydrogen) atoms. The van der Waals surface area contributed by atoms with Gasteiger partial charge in [0.25, 0.3) is 0 Å². The lowest BCUT2D eigenvalue weighted by atomic mass is 9.75. The van der Waals surface area contributed by atoms with E-state index >= 15 is 0 Å². The highest BCUT2D eigenvalue weighted by Gasteiger charge is 2.41. The lowest BCUT2D eigenvalue weighted by molar-refractivity contribution is -0.130. The fraction of sp³-hybridized carbons (Fsp3) is 0.846. The summed E-state index contributed by atoms with van der Waals surface area (Å²) in [6.45, 7) is 7.75. The second kappa shape index (κ2) is 5.16. The Morgan fingerprint density at radius 1 is 1.39 bits per heavy atom. The predicted molar refractivity (Wildman–Crippen MR) is 71.4 cm³/mol. The molecular weight excluding hydrogens is 230 g/mol. The molecule has 1 aliphatic rings. The summed E-state index contributed by atoms with van der Waals surface area (Å²) in [7, 11) is 0. The summed E-state index contributed by atoms with van der Waals surface area (Å²) in [6, 6.07) is 0. The van der Waals surface area contributed by atoms with Gasteiger partial charge in [0.2, 0.25) is 5.91 Å². The van der Waals surface area contributed by atoms with Gasteiger partial charge >= 0.3 is 0 Å². The Hall–Kier alpha value is -1.26. The number of nitrogens with two attached hydrogens (primary N) is 1. The van der Waals surface area contributed by atoms with E-state index in [0.29, 0.717) is 5.92 Å². The number of nitrogens with one attached hydrogen (secondary N) is 1. The number of nitrogens with zero attached hydrogens (tertiary/aromatic N) is 1. The molecule has 1 rings (SSSR count). The largest absolute Gasteiger partial charge is 0.409 e. The average molecular weight is 255 g/mol. The molecule has 4 N–H and O–H groups in total. The molecule has 1 aliphatic carbocycles. The highest BCUT2D eigenvalue weighted by atomic mass is 16.4. The second-order valence-corrected chi connectivity index (χ2v) is 6.45. The molecule has 5 nitrogen and oxygen atoms in total. The van der Waals surface area contributed by atoms with Crippen molar-refractivity contribution in [1.29, 1.82) is 0 Å². The van der Waals surface area contributed by atoms with Crippen molar-refractivity contribution in [2.75, 3.05) is 0 Å². The Morgan fingerprint density at radius 2 is 1.89 bits per heavy atom. The van der Waals surface area contributed by atoms with Crippen LogP contribution in [0, 0.1) is 11.3 Å². The minimum Gasteiger partial charge on any atom is -0.409 e. The normalized spacial score (nSPS) is 30.0. The third-order valence-electron chi connectivity index (χ3n) is 3.76. The number of carbonyl (C=O) groups is 1. The smallest absolute Gasteiger partial charge is 0.226 e. The Bertz CT molecular complexity index is 337. The maximum absolute atomic E-state index is 12.1. The van der Waals surface area contributed by atoms with Crippen LogP contribution in [0.1, 0.15) is 53.4 Å². The summed E-state index contributed by atoms with van der Waals surface area (Å²) in [5, 5.41) is 15.1. The number of hydrogen-bond donors (Lipinski definition) is 3. The Balaban J connectivity index is 2.90. The van der Waals surface area contributed by atoms with Gasteiger partial charge in [0.1, 0.15) is 5.54 Å². The van der Waals surface area contributed by atoms with Crippen LogP contribution >= 0.6 is 0 Å². The molecule has 0 aromatic carbocycles. The van der Waals surface area contributed by atoms with Crippen molar-refractivity contribution in [1.82, 2.24) is 5.32 Å². The SMILES string of the molecule is CC1CCC(NC(=O)C(C)(C)C)(/C(N)=N/O)CC1. The summed E-state index contributed by atoms with van der Waals surface area (Å²) in [4.78, 5) is 12.1. The highest BCUT2D eigenvalue weighted by Crippen LogP contribution is 2.33. The third-order valence-corrected chi connectivity index (χ3v) is 3.76. The molecule has 5 heteroatoms. The molecule has 0 radical (unpaired) electrons. The molecule has 1 fully saturated rings. The summed E-state index contributed by atoms with van der Waals surface area (Å²) in [6.07, 6.45) is 3.40. The maximum Gasteiger partial charge on any atom is 0.226 e. The van der Waals surface area contributed by atoms with Crippen molar-refractivity contribution in [3.8, 4) is 0 Å². The fourth-order valence-corrected chi connectivity index (χ4v) is 2.20. The molecule has 0 aliphatic heterocycles. The van der Waals surface area contributed by atoms with Gasteiger partial charge in [-0.3, -0.25) is 4.79 Å². The number of rotatable bonds is 2. The van der Waals surface area contributed by atoms with Crippen LogP contribution in [-0.4, -0.2) is 22.5 Å². The zero-order valence-electron chi connectivity index (χ0n) is 11.8. The fourth-order valence-electron chi connectivity index (χ4n) is 2.20. The van der Waals surface area contributed by atoms with Gasteiger partial charge < -0.3 is 16.3 Å². The number of carbonyl (C=O) groups excluding carboxylic acids is 1. The van der Waals surface area contributed by atoms with Gasteiger partial charge in [-0.25, -0.2) is 0 Å². The van der Waals surface area contributed by atoms with Crippen molar-refractivity contribution < 1.29 is 10.0 Å². The molecule has 0 spiro atoms. The Labute approximate surface area is 109 Å². The van der Waals surface area contributed by atoms with Crippen molar-refractivity contribution in [2.45, 2.75) is 58.9 Å². The zero-order chi connectivity index (χ0) is 14.0. The topological polar surface area (TPSA) is 87.7 Å². The van der Waals surface area contributed by atoms with E-state index in [1.807, 2.05) is 20.8 Å². The van der Waals surface area contributed by atoms with Gasteiger partial charge in [-0.05, 0) is 31.6 Å². The van der Waals surface area contributed by atoms with E-state index in [9.17, 15) is 4.79 Å². The highest BCUT2D eigenvalue weighted by molar-refractivity contribution is 5.95. The summed E-state index contributed by atoms with van der Waals surface area (Å²) in [5.74, 6) is 0.673. The van der Waals surface area contributed by atoms with E-state index in [2.05, 4.69) is 17.4 Å². The van der Waals surface area contributed by atoms with Crippen molar-refractivity contribution in [3.63, 3.8) is 0 Å². The number of hydrogen-bond acceptors (Lipinski definition) is 3. The summed E-state index contributed by atoms with van der Waals surface area (Å²) >= 11 is 0. The minimum absolute atomic E-state index is 0.0661. The van der Waals surface area contributed by atoms with E-state index in [0.717, 1.165) is 25.7 Å². The monoisotopic (exact) mass is 255 g/mol. The first-order chi connectivity index (χ1) is 8.21. The number of amidine groups is 1. The van der Waals surface area contributed by atoms with Gasteiger partial charge in [-0.1, -0.05) is 32.9 Å². The average Bonchev–Trinajstić information content (AvgIpc) is 2.30. The molecular formula is C13H25N3O2. The lowest BCUT2D eigenvalue weighted by Gasteiger charge is -2.40. The van der Waals surface area contributed by atoms with Crippen LogP contribution in [0.2, 0.25) is 0 Å². The number of amides is 1. The van der Waals surface area contributed by atoms with Crippen LogP contribution < -0.4 is 11.1 Å². The van der Waals surface area contributed by atoms with E-state index in [-0.39, 0.29) is 11.7 Å². The van der Waals surface area contributed by atoms with Crippen molar-refractivity contribution in [3.05, 3.63) is 0 Å². The quantitative estimate of drug-likeness (QED) is 0.304.